The summed E-state index contributed by atoms with van der Waals surface area (Å²) in [4.78, 5) is 0. The third kappa shape index (κ3) is 24.9. The van der Waals surface area contributed by atoms with Crippen LogP contribution in [0, 0.1) is 0 Å². The quantitative estimate of drug-likeness (QED) is 0.490. The summed E-state index contributed by atoms with van der Waals surface area (Å²) < 4.78 is 0. The van der Waals surface area contributed by atoms with E-state index in [0.717, 1.165) is 0 Å². The minimum absolute atomic E-state index is 0. The molecule has 0 aromatic heterocycles. The van der Waals surface area contributed by atoms with Crippen molar-refractivity contribution in [1.82, 2.24) is 0 Å². The molecule has 0 saturated heterocycles. The van der Waals surface area contributed by atoms with Crippen LogP contribution in [-0.2, 0) is 120 Å². The number of hydrogen-bond donors (Lipinski definition) is 0. The van der Waals surface area contributed by atoms with E-state index in [4.69, 9.17) is 0 Å². The van der Waals surface area contributed by atoms with Crippen LogP contribution in [0.15, 0.2) is 0 Å². The maximum Gasteiger partial charge on any atom is 0 e. The Morgan fingerprint density at radius 1 is 1.00 bits per heavy atom. The van der Waals surface area contributed by atoms with E-state index in [2.05, 4.69) is 0 Å². The van der Waals surface area contributed by atoms with E-state index < -0.39 is 0 Å². The predicted octanol–water partition coefficient (Wildman–Crippen LogP) is -0.0150. The molecular formula is CoCuFeMoTiZr. The molecule has 0 heterocycles. The van der Waals surface area contributed by atoms with Crippen molar-refractivity contribution in [3.63, 3.8) is 0 Å². The molecule has 0 aliphatic rings. The Labute approximate surface area is 118 Å². The van der Waals surface area contributed by atoms with Gasteiger partial charge in [-0.25, -0.2) is 0 Å². The predicted molar refractivity (Wildman–Crippen MR) is 0 cm³/mol. The standard InChI is InChI=1S/Co.Cu.Fe.Mo.Ti.Zr. The van der Waals surface area contributed by atoms with E-state index in [-0.39, 0.29) is 120 Å². The van der Waals surface area contributed by atoms with Crippen molar-refractivity contribution in [2.75, 3.05) is 0 Å². The Hall–Kier alpha value is 3.83. The molecule has 0 amide bonds. The molecule has 0 saturated carbocycles. The minimum Gasteiger partial charge on any atom is 0 e. The monoisotopic (exact) mass is 414 g/mol. The molecule has 0 atom stereocenters. The van der Waals surface area contributed by atoms with Gasteiger partial charge in [0, 0.05) is 120 Å². The molecule has 0 aromatic carbocycles. The normalized spacial score (nSPS) is 0. The van der Waals surface area contributed by atoms with Crippen LogP contribution in [0.1, 0.15) is 0 Å². The Balaban J connectivity index is 0. The second-order valence-electron chi connectivity index (χ2n) is 0. The van der Waals surface area contributed by atoms with Gasteiger partial charge in [-0.1, -0.05) is 0 Å². The van der Waals surface area contributed by atoms with Crippen molar-refractivity contribution in [3.8, 4) is 0 Å². The van der Waals surface area contributed by atoms with Gasteiger partial charge in [-0.15, -0.1) is 0 Å². The summed E-state index contributed by atoms with van der Waals surface area (Å²) in [6.45, 7) is 0. The van der Waals surface area contributed by atoms with Gasteiger partial charge >= 0.3 is 0 Å². The van der Waals surface area contributed by atoms with Gasteiger partial charge in [0.05, 0.1) is 0 Å². The van der Waals surface area contributed by atoms with Gasteiger partial charge in [0.25, 0.3) is 0 Å². The second-order valence-corrected chi connectivity index (χ2v) is 0. The first-order chi connectivity index (χ1) is 0. The summed E-state index contributed by atoms with van der Waals surface area (Å²) in [7, 11) is 0. The zero-order valence-corrected chi connectivity index (χ0v) is 11.5. The summed E-state index contributed by atoms with van der Waals surface area (Å²) in [6.07, 6.45) is 0. The summed E-state index contributed by atoms with van der Waals surface area (Å²) in [6, 6.07) is 0. The fraction of sp³-hybridized carbons (Fsp3) is 0. The van der Waals surface area contributed by atoms with Gasteiger partial charge in [-0.2, -0.15) is 0 Å². The topological polar surface area (TPSA) is 0 Å². The molecule has 0 aliphatic carbocycles. The van der Waals surface area contributed by atoms with Crippen molar-refractivity contribution >= 4 is 0 Å². The molecule has 0 N–H and O–H groups in total. The number of rotatable bonds is 0. The van der Waals surface area contributed by atoms with Gasteiger partial charge in [0.15, 0.2) is 0 Å². The van der Waals surface area contributed by atoms with Gasteiger partial charge in [0.1, 0.15) is 0 Å². The molecule has 0 rings (SSSR count). The largest absolute Gasteiger partial charge is 0 e. The molecule has 0 bridgehead atoms. The smallest absolute Gasteiger partial charge is 0 e. The van der Waals surface area contributed by atoms with E-state index >= 15 is 0 Å². The molecule has 0 aromatic rings. The fourth-order valence-electron chi connectivity index (χ4n) is 0. The van der Waals surface area contributed by atoms with Crippen LogP contribution in [0.25, 0.3) is 0 Å². The van der Waals surface area contributed by atoms with E-state index in [1.165, 1.54) is 0 Å². The van der Waals surface area contributed by atoms with Crippen LogP contribution in [-0.4, -0.2) is 0 Å². The van der Waals surface area contributed by atoms with Crippen molar-refractivity contribution < 1.29 is 120 Å². The van der Waals surface area contributed by atoms with Crippen LogP contribution in [0.4, 0.5) is 0 Å². The van der Waals surface area contributed by atoms with E-state index in [1.807, 2.05) is 0 Å². The third-order valence-corrected chi connectivity index (χ3v) is 0. The van der Waals surface area contributed by atoms with Gasteiger partial charge in [0.2, 0.25) is 0 Å². The third-order valence-electron chi connectivity index (χ3n) is 0. The van der Waals surface area contributed by atoms with Crippen LogP contribution in [0.5, 0.6) is 0 Å². The molecular weight excluding hydrogens is 413 g/mol. The van der Waals surface area contributed by atoms with E-state index in [1.54, 1.807) is 0 Å². The molecule has 6 heavy (non-hydrogen) atoms. The SMILES string of the molecule is [Co].[Cu].[Fe].[Mo].[Ti].[Zr]. The van der Waals surface area contributed by atoms with Crippen LogP contribution < -0.4 is 0 Å². The van der Waals surface area contributed by atoms with Crippen LogP contribution in [0.3, 0.4) is 0 Å². The zero-order chi connectivity index (χ0) is 0. The molecule has 42 valence electrons. The van der Waals surface area contributed by atoms with Crippen molar-refractivity contribution in [2.24, 2.45) is 0 Å². The first kappa shape index (κ1) is 52.2. The van der Waals surface area contributed by atoms with Crippen LogP contribution >= 0.6 is 0 Å². The zero-order valence-electron chi connectivity index (χ0n) is 2.40. The Morgan fingerprint density at radius 2 is 1.00 bits per heavy atom. The van der Waals surface area contributed by atoms with Gasteiger partial charge in [-0.3, -0.25) is 0 Å². The summed E-state index contributed by atoms with van der Waals surface area (Å²) >= 11 is 0. The average molecular weight is 413 g/mol. The average Bonchev–Trinajstić information content (AvgIpc) is 0. The molecule has 0 aliphatic heterocycles. The van der Waals surface area contributed by atoms with Gasteiger partial charge < -0.3 is 0 Å². The molecule has 0 unspecified atom stereocenters. The Kier molecular flexibility index (Phi) is 321. The molecule has 2 radical (unpaired) electrons. The minimum atomic E-state index is 0. The molecule has 6 heteroatoms. The van der Waals surface area contributed by atoms with Crippen molar-refractivity contribution in [1.29, 1.82) is 0 Å². The molecule has 0 nitrogen and oxygen atoms in total. The molecule has 0 spiro atoms. The summed E-state index contributed by atoms with van der Waals surface area (Å²) in [5, 5.41) is 0. The van der Waals surface area contributed by atoms with Crippen molar-refractivity contribution in [2.45, 2.75) is 0 Å². The Bertz CT molecular complexity index is 15.5. The maximum atomic E-state index is 0. The first-order valence-electron chi connectivity index (χ1n) is 0. The molecule has 0 fully saturated rings. The summed E-state index contributed by atoms with van der Waals surface area (Å²) in [5.74, 6) is 0. The van der Waals surface area contributed by atoms with E-state index in [9.17, 15) is 0 Å². The maximum absolute atomic E-state index is 0. The fourth-order valence-corrected chi connectivity index (χ4v) is 0. The Morgan fingerprint density at radius 3 is 1.00 bits per heavy atom. The van der Waals surface area contributed by atoms with Crippen molar-refractivity contribution in [3.05, 3.63) is 0 Å². The van der Waals surface area contributed by atoms with Gasteiger partial charge in [-0.05, 0) is 0 Å². The number of hydrogen-bond acceptors (Lipinski definition) is 0. The summed E-state index contributed by atoms with van der Waals surface area (Å²) in [5.41, 5.74) is 0. The first-order valence-corrected chi connectivity index (χ1v) is 0. The second kappa shape index (κ2) is 36.9. The van der Waals surface area contributed by atoms with Crippen LogP contribution in [0.2, 0.25) is 0 Å². The van der Waals surface area contributed by atoms with E-state index in [0.29, 0.717) is 0 Å².